The van der Waals surface area contributed by atoms with E-state index >= 15 is 0 Å². The van der Waals surface area contributed by atoms with Crippen LogP contribution >= 0.6 is 9.39 Å². The molecule has 1 aromatic carbocycles. The Kier molecular flexibility index (Phi) is 2.65. The van der Waals surface area contributed by atoms with Gasteiger partial charge in [-0.15, -0.1) is 0 Å². The number of benzene rings is 1. The molecule has 2 fully saturated rings. The molecule has 2 bridgehead atoms. The van der Waals surface area contributed by atoms with E-state index in [1.54, 1.807) is 6.07 Å². The molecule has 0 saturated carbocycles. The fraction of sp³-hybridized carbons (Fsp3) is 0.538. The van der Waals surface area contributed by atoms with E-state index < -0.39 is 0 Å². The fourth-order valence-corrected chi connectivity index (χ4v) is 3.81. The summed E-state index contributed by atoms with van der Waals surface area (Å²) >= 11 is 0. The lowest BCUT2D eigenvalue weighted by Gasteiger charge is -2.36. The number of rotatable bonds is 1. The maximum absolute atomic E-state index is 9.53. The Balaban J connectivity index is 1.83. The van der Waals surface area contributed by atoms with Crippen molar-refractivity contribution in [2.24, 2.45) is 0 Å². The highest BCUT2D eigenvalue weighted by atomic mass is 31.0. The maximum atomic E-state index is 9.53. The molecule has 2 heterocycles. The van der Waals surface area contributed by atoms with Crippen molar-refractivity contribution < 1.29 is 5.11 Å². The number of fused-ring (bicyclic) bond motifs is 2. The minimum Gasteiger partial charge on any atom is -0.508 e. The molecular formula is C13H18NOP. The quantitative estimate of drug-likeness (QED) is 0.756. The van der Waals surface area contributed by atoms with Gasteiger partial charge < -0.3 is 5.11 Å². The molecule has 3 heteroatoms. The van der Waals surface area contributed by atoms with Crippen LogP contribution in [0, 0.1) is 0 Å². The Morgan fingerprint density at radius 1 is 1.19 bits per heavy atom. The molecule has 3 unspecified atom stereocenters. The average molecular weight is 235 g/mol. The van der Waals surface area contributed by atoms with Crippen LogP contribution < -0.4 is 0 Å². The lowest BCUT2D eigenvalue weighted by molar-refractivity contribution is 0.244. The zero-order valence-corrected chi connectivity index (χ0v) is 10.5. The first-order chi connectivity index (χ1) is 7.74. The van der Waals surface area contributed by atoms with Crippen molar-refractivity contribution in [3.63, 3.8) is 0 Å². The van der Waals surface area contributed by atoms with E-state index in [1.807, 2.05) is 12.1 Å². The molecule has 3 rings (SSSR count). The van der Waals surface area contributed by atoms with Crippen LogP contribution in [0.5, 0.6) is 5.75 Å². The van der Waals surface area contributed by atoms with Crippen molar-refractivity contribution in [3.05, 3.63) is 29.8 Å². The second-order valence-electron chi connectivity index (χ2n) is 5.10. The Labute approximate surface area is 98.9 Å². The highest BCUT2D eigenvalue weighted by Gasteiger charge is 2.38. The van der Waals surface area contributed by atoms with Crippen LogP contribution in [0.15, 0.2) is 24.3 Å². The van der Waals surface area contributed by atoms with Crippen molar-refractivity contribution in [1.29, 1.82) is 0 Å². The monoisotopic (exact) mass is 235 g/mol. The summed E-state index contributed by atoms with van der Waals surface area (Å²) in [6.45, 7) is 0. The summed E-state index contributed by atoms with van der Waals surface area (Å²) in [5, 5.41) is 9.53. The lowest BCUT2D eigenvalue weighted by Crippen LogP contribution is -2.34. The lowest BCUT2D eigenvalue weighted by atomic mass is 9.86. The standard InChI is InChI=1S/C13H18NOP/c15-13-3-1-2-9(8-13)10-6-11-4-5-12(7-10)14(11)16/h1-3,8,10-12,15H,4-7,16H2/t10?,11-,12?/m1/s1. The van der Waals surface area contributed by atoms with E-state index in [0.717, 1.165) is 12.1 Å². The maximum Gasteiger partial charge on any atom is 0.115 e. The molecule has 0 aliphatic carbocycles. The predicted octanol–water partition coefficient (Wildman–Crippen LogP) is 2.89. The first-order valence-electron chi connectivity index (χ1n) is 6.06. The van der Waals surface area contributed by atoms with Gasteiger partial charge in [-0.1, -0.05) is 21.5 Å². The smallest absolute Gasteiger partial charge is 0.115 e. The second kappa shape index (κ2) is 4.01. The van der Waals surface area contributed by atoms with E-state index in [9.17, 15) is 5.11 Å². The molecule has 0 radical (unpaired) electrons. The van der Waals surface area contributed by atoms with Gasteiger partial charge in [0.05, 0.1) is 0 Å². The SMILES string of the molecule is Oc1cccc(C2CC3CC[C@H](C2)N3P)c1. The van der Waals surface area contributed by atoms with Crippen LogP contribution in [-0.4, -0.2) is 21.9 Å². The van der Waals surface area contributed by atoms with E-state index in [0.29, 0.717) is 11.7 Å². The van der Waals surface area contributed by atoms with E-state index in [-0.39, 0.29) is 0 Å². The van der Waals surface area contributed by atoms with Gasteiger partial charge in [-0.3, -0.25) is 4.67 Å². The Morgan fingerprint density at radius 2 is 1.88 bits per heavy atom. The molecule has 1 aromatic rings. The zero-order chi connectivity index (χ0) is 11.1. The Morgan fingerprint density at radius 3 is 2.50 bits per heavy atom. The topological polar surface area (TPSA) is 23.5 Å². The molecule has 2 aliphatic heterocycles. The molecule has 2 aliphatic rings. The van der Waals surface area contributed by atoms with Gasteiger partial charge in [0.1, 0.15) is 5.75 Å². The van der Waals surface area contributed by atoms with Crippen LogP contribution in [0.1, 0.15) is 37.2 Å². The van der Waals surface area contributed by atoms with Gasteiger partial charge in [-0.05, 0) is 49.3 Å². The number of nitrogens with zero attached hydrogens (tertiary/aromatic N) is 1. The molecule has 0 aromatic heterocycles. The number of phenols is 1. The first kappa shape index (κ1) is 10.6. The predicted molar refractivity (Wildman–Crippen MR) is 68.4 cm³/mol. The van der Waals surface area contributed by atoms with Crippen molar-refractivity contribution in [2.45, 2.75) is 43.7 Å². The number of hydrogen-bond donors (Lipinski definition) is 1. The van der Waals surface area contributed by atoms with Crippen molar-refractivity contribution >= 4 is 9.39 Å². The summed E-state index contributed by atoms with van der Waals surface area (Å²) < 4.78 is 2.47. The number of piperidine rings is 1. The summed E-state index contributed by atoms with van der Waals surface area (Å²) in [6, 6.07) is 9.26. The van der Waals surface area contributed by atoms with Crippen LogP contribution in [0.2, 0.25) is 0 Å². The van der Waals surface area contributed by atoms with Gasteiger partial charge in [-0.25, -0.2) is 0 Å². The number of hydrogen-bond acceptors (Lipinski definition) is 2. The molecule has 0 amide bonds. The van der Waals surface area contributed by atoms with Crippen molar-refractivity contribution in [3.8, 4) is 5.75 Å². The minimum absolute atomic E-state index is 0.401. The van der Waals surface area contributed by atoms with Gasteiger partial charge >= 0.3 is 0 Å². The summed E-state index contributed by atoms with van der Waals surface area (Å²) in [6.07, 6.45) is 5.15. The van der Waals surface area contributed by atoms with Gasteiger partial charge in [0, 0.05) is 12.1 Å². The van der Waals surface area contributed by atoms with E-state index in [1.165, 1.54) is 31.2 Å². The molecule has 1 N–H and O–H groups in total. The molecule has 0 spiro atoms. The van der Waals surface area contributed by atoms with Crippen LogP contribution in [-0.2, 0) is 0 Å². The molecule has 2 saturated heterocycles. The third-order valence-electron chi connectivity index (χ3n) is 4.13. The van der Waals surface area contributed by atoms with Crippen LogP contribution in [0.25, 0.3) is 0 Å². The van der Waals surface area contributed by atoms with Crippen LogP contribution in [0.3, 0.4) is 0 Å². The van der Waals surface area contributed by atoms with Crippen molar-refractivity contribution in [1.82, 2.24) is 4.67 Å². The number of phenolic OH excluding ortho intramolecular Hbond substituents is 1. The molecule has 2 nitrogen and oxygen atoms in total. The average Bonchev–Trinajstić information content (AvgIpc) is 2.53. The van der Waals surface area contributed by atoms with E-state index in [2.05, 4.69) is 20.1 Å². The Bertz CT molecular complexity index is 381. The third kappa shape index (κ3) is 1.74. The first-order valence-corrected chi connectivity index (χ1v) is 6.57. The van der Waals surface area contributed by atoms with Gasteiger partial charge in [0.25, 0.3) is 0 Å². The largest absolute Gasteiger partial charge is 0.508 e. The summed E-state index contributed by atoms with van der Waals surface area (Å²) in [4.78, 5) is 0. The van der Waals surface area contributed by atoms with Gasteiger partial charge in [0.15, 0.2) is 0 Å². The highest BCUT2D eigenvalue weighted by Crippen LogP contribution is 2.44. The molecule has 86 valence electrons. The molecule has 16 heavy (non-hydrogen) atoms. The summed E-state index contributed by atoms with van der Waals surface area (Å²) in [5.74, 6) is 1.04. The second-order valence-corrected chi connectivity index (χ2v) is 5.69. The molecular weight excluding hydrogens is 217 g/mol. The summed E-state index contributed by atoms with van der Waals surface area (Å²) in [7, 11) is 2.89. The van der Waals surface area contributed by atoms with Crippen molar-refractivity contribution in [2.75, 3.05) is 0 Å². The highest BCUT2D eigenvalue weighted by molar-refractivity contribution is 7.13. The minimum atomic E-state index is 0.401. The van der Waals surface area contributed by atoms with Gasteiger partial charge in [-0.2, -0.15) is 0 Å². The Hall–Kier alpha value is -0.590. The summed E-state index contributed by atoms with van der Waals surface area (Å²) in [5.41, 5.74) is 1.31. The van der Waals surface area contributed by atoms with E-state index in [4.69, 9.17) is 0 Å². The van der Waals surface area contributed by atoms with Gasteiger partial charge in [0.2, 0.25) is 0 Å². The normalized spacial score (nSPS) is 34.2. The number of aromatic hydroxyl groups is 1. The third-order valence-corrected chi connectivity index (χ3v) is 4.97. The zero-order valence-electron chi connectivity index (χ0n) is 9.34. The molecule has 4 atom stereocenters. The fourth-order valence-electron chi connectivity index (χ4n) is 3.26. The van der Waals surface area contributed by atoms with Crippen LogP contribution in [0.4, 0.5) is 0 Å².